The maximum Gasteiger partial charge on any atom is 0.307 e. The van der Waals surface area contributed by atoms with E-state index in [2.05, 4.69) is 15.9 Å². The van der Waals surface area contributed by atoms with Crippen molar-refractivity contribution in [2.24, 2.45) is 11.3 Å². The number of rotatable bonds is 5. The summed E-state index contributed by atoms with van der Waals surface area (Å²) in [6.45, 7) is 6.22. The van der Waals surface area contributed by atoms with Crippen LogP contribution < -0.4 is 4.74 Å². The van der Waals surface area contributed by atoms with Gasteiger partial charge in [0.2, 0.25) is 0 Å². The molecule has 0 aliphatic rings. The minimum absolute atomic E-state index is 0.255. The number of carboxylic acids is 1. The highest BCUT2D eigenvalue weighted by atomic mass is 79.9. The Balaban J connectivity index is 2.49. The molecule has 0 bridgehead atoms. The maximum absolute atomic E-state index is 11.2. The van der Waals surface area contributed by atoms with Crippen molar-refractivity contribution >= 4 is 21.9 Å². The van der Waals surface area contributed by atoms with Crippen LogP contribution in [0.15, 0.2) is 28.7 Å². The average Bonchev–Trinajstić information content (AvgIpc) is 2.24. The van der Waals surface area contributed by atoms with Crippen LogP contribution >= 0.6 is 15.9 Å². The van der Waals surface area contributed by atoms with E-state index in [4.69, 9.17) is 4.74 Å². The molecular formula is C14H19BrO3. The van der Waals surface area contributed by atoms with Crippen LogP contribution in [0, 0.1) is 11.3 Å². The van der Waals surface area contributed by atoms with E-state index in [1.165, 1.54) is 0 Å². The van der Waals surface area contributed by atoms with E-state index in [-0.39, 0.29) is 5.41 Å². The van der Waals surface area contributed by atoms with Gasteiger partial charge in [0.05, 0.1) is 12.5 Å². The van der Waals surface area contributed by atoms with Crippen LogP contribution in [0.5, 0.6) is 5.75 Å². The fraction of sp³-hybridized carbons (Fsp3) is 0.500. The van der Waals surface area contributed by atoms with Crippen molar-refractivity contribution in [3.63, 3.8) is 0 Å². The summed E-state index contributed by atoms with van der Waals surface area (Å²) in [5.41, 5.74) is -0.255. The Morgan fingerprint density at radius 1 is 1.33 bits per heavy atom. The molecule has 3 nitrogen and oxygen atoms in total. The lowest BCUT2D eigenvalue weighted by Gasteiger charge is -2.26. The largest absolute Gasteiger partial charge is 0.494 e. The van der Waals surface area contributed by atoms with Gasteiger partial charge in [0.25, 0.3) is 0 Å². The lowest BCUT2D eigenvalue weighted by Crippen LogP contribution is -2.29. The van der Waals surface area contributed by atoms with Gasteiger partial charge < -0.3 is 9.84 Å². The van der Waals surface area contributed by atoms with Crippen molar-refractivity contribution in [2.45, 2.75) is 27.2 Å². The smallest absolute Gasteiger partial charge is 0.307 e. The minimum atomic E-state index is -0.762. The number of halogens is 1. The summed E-state index contributed by atoms with van der Waals surface area (Å²) in [5.74, 6) is -0.397. The Kier molecular flexibility index (Phi) is 5.20. The van der Waals surface area contributed by atoms with Gasteiger partial charge in [0, 0.05) is 4.47 Å². The van der Waals surface area contributed by atoms with Gasteiger partial charge in [-0.15, -0.1) is 0 Å². The monoisotopic (exact) mass is 314 g/mol. The second-order valence-corrected chi connectivity index (χ2v) is 6.26. The van der Waals surface area contributed by atoms with Gasteiger partial charge in [0.1, 0.15) is 5.75 Å². The molecule has 0 fully saturated rings. The first-order chi connectivity index (χ1) is 8.30. The van der Waals surface area contributed by atoms with Crippen molar-refractivity contribution in [3.05, 3.63) is 28.7 Å². The van der Waals surface area contributed by atoms with E-state index in [0.29, 0.717) is 13.0 Å². The van der Waals surface area contributed by atoms with Gasteiger partial charge in [-0.05, 0) is 36.1 Å². The average molecular weight is 315 g/mol. The quantitative estimate of drug-likeness (QED) is 0.894. The van der Waals surface area contributed by atoms with Crippen LogP contribution in [0.25, 0.3) is 0 Å². The molecule has 0 saturated carbocycles. The fourth-order valence-corrected chi connectivity index (χ4v) is 2.02. The van der Waals surface area contributed by atoms with Crippen molar-refractivity contribution in [1.82, 2.24) is 0 Å². The third-order valence-corrected chi connectivity index (χ3v) is 3.36. The molecule has 0 spiro atoms. The summed E-state index contributed by atoms with van der Waals surface area (Å²) in [4.78, 5) is 11.2. The molecule has 0 aromatic heterocycles. The molecule has 0 aliphatic carbocycles. The van der Waals surface area contributed by atoms with Crippen LogP contribution in [0.4, 0.5) is 0 Å². The van der Waals surface area contributed by atoms with Crippen LogP contribution in [0.3, 0.4) is 0 Å². The molecular weight excluding hydrogens is 296 g/mol. The number of aliphatic carboxylic acids is 1. The van der Waals surface area contributed by atoms with E-state index in [0.717, 1.165) is 10.2 Å². The minimum Gasteiger partial charge on any atom is -0.494 e. The Morgan fingerprint density at radius 2 is 1.89 bits per heavy atom. The summed E-state index contributed by atoms with van der Waals surface area (Å²) >= 11 is 3.35. The van der Waals surface area contributed by atoms with Gasteiger partial charge in [-0.2, -0.15) is 0 Å². The zero-order valence-electron chi connectivity index (χ0n) is 10.9. The van der Waals surface area contributed by atoms with Crippen molar-refractivity contribution in [2.75, 3.05) is 6.61 Å². The predicted octanol–water partition coefficient (Wildman–Crippen LogP) is 3.96. The van der Waals surface area contributed by atoms with Gasteiger partial charge in [0.15, 0.2) is 0 Å². The first kappa shape index (κ1) is 15.0. The molecule has 0 heterocycles. The van der Waals surface area contributed by atoms with Gasteiger partial charge in [-0.3, -0.25) is 4.79 Å². The van der Waals surface area contributed by atoms with E-state index in [9.17, 15) is 9.90 Å². The standard InChI is InChI=1S/C14H19BrO3/c1-14(2,3)12(13(16)17)8-9-18-11-6-4-10(15)5-7-11/h4-7,12H,8-9H2,1-3H3,(H,16,17). The van der Waals surface area contributed by atoms with Crippen molar-refractivity contribution in [3.8, 4) is 5.75 Å². The molecule has 1 atom stereocenters. The van der Waals surface area contributed by atoms with Gasteiger partial charge >= 0.3 is 5.97 Å². The lowest BCUT2D eigenvalue weighted by molar-refractivity contribution is -0.146. The van der Waals surface area contributed by atoms with Crippen LogP contribution in [-0.2, 0) is 4.79 Å². The van der Waals surface area contributed by atoms with Crippen molar-refractivity contribution < 1.29 is 14.6 Å². The summed E-state index contributed by atoms with van der Waals surface area (Å²) < 4.78 is 6.55. The maximum atomic E-state index is 11.2. The SMILES string of the molecule is CC(C)(C)C(CCOc1ccc(Br)cc1)C(=O)O. The first-order valence-electron chi connectivity index (χ1n) is 5.92. The molecule has 100 valence electrons. The molecule has 4 heteroatoms. The summed E-state index contributed by atoms with van der Waals surface area (Å²) in [5, 5.41) is 9.18. The molecule has 1 rings (SSSR count). The molecule has 18 heavy (non-hydrogen) atoms. The highest BCUT2D eigenvalue weighted by molar-refractivity contribution is 9.10. The van der Waals surface area contributed by atoms with E-state index in [1.807, 2.05) is 45.0 Å². The van der Waals surface area contributed by atoms with E-state index in [1.54, 1.807) is 0 Å². The molecule has 1 unspecified atom stereocenters. The normalized spacial score (nSPS) is 13.1. The zero-order chi connectivity index (χ0) is 13.8. The Bertz CT molecular complexity index is 392. The molecule has 0 radical (unpaired) electrons. The van der Waals surface area contributed by atoms with Gasteiger partial charge in [-0.1, -0.05) is 36.7 Å². The second kappa shape index (κ2) is 6.23. The highest BCUT2D eigenvalue weighted by Crippen LogP contribution is 2.29. The molecule has 0 aliphatic heterocycles. The first-order valence-corrected chi connectivity index (χ1v) is 6.71. The Hall–Kier alpha value is -1.03. The topological polar surface area (TPSA) is 46.5 Å². The zero-order valence-corrected chi connectivity index (χ0v) is 12.5. The predicted molar refractivity (Wildman–Crippen MR) is 74.8 cm³/mol. The van der Waals surface area contributed by atoms with Crippen LogP contribution in [-0.4, -0.2) is 17.7 Å². The fourth-order valence-electron chi connectivity index (χ4n) is 1.75. The van der Waals surface area contributed by atoms with Gasteiger partial charge in [-0.25, -0.2) is 0 Å². The number of ether oxygens (including phenoxy) is 1. The molecule has 0 saturated heterocycles. The molecule has 0 amide bonds. The molecule has 1 N–H and O–H groups in total. The molecule has 1 aromatic rings. The lowest BCUT2D eigenvalue weighted by atomic mass is 9.79. The number of carboxylic acid groups (broad SMARTS) is 1. The summed E-state index contributed by atoms with van der Waals surface area (Å²) in [7, 11) is 0. The van der Waals surface area contributed by atoms with Crippen molar-refractivity contribution in [1.29, 1.82) is 0 Å². The van der Waals surface area contributed by atoms with Crippen LogP contribution in [0.2, 0.25) is 0 Å². The van der Waals surface area contributed by atoms with E-state index >= 15 is 0 Å². The second-order valence-electron chi connectivity index (χ2n) is 5.35. The summed E-state index contributed by atoms with van der Waals surface area (Å²) in [6.07, 6.45) is 0.509. The Labute approximate surface area is 116 Å². The third-order valence-electron chi connectivity index (χ3n) is 2.83. The van der Waals surface area contributed by atoms with Crippen LogP contribution in [0.1, 0.15) is 27.2 Å². The number of benzene rings is 1. The number of hydrogen-bond donors (Lipinski definition) is 1. The highest BCUT2D eigenvalue weighted by Gasteiger charge is 2.30. The molecule has 1 aromatic carbocycles. The third kappa shape index (κ3) is 4.69. The van der Waals surface area contributed by atoms with E-state index < -0.39 is 11.9 Å². The Morgan fingerprint density at radius 3 is 2.33 bits per heavy atom. The number of carbonyl (C=O) groups is 1. The summed E-state index contributed by atoms with van der Waals surface area (Å²) in [6, 6.07) is 7.51. The number of hydrogen-bond acceptors (Lipinski definition) is 2.